The van der Waals surface area contributed by atoms with E-state index in [0.29, 0.717) is 6.42 Å². The molecule has 0 aliphatic rings. The molecule has 0 fully saturated rings. The van der Waals surface area contributed by atoms with Gasteiger partial charge in [0.1, 0.15) is 6.16 Å². The van der Waals surface area contributed by atoms with Crippen LogP contribution in [0.1, 0.15) is 19.8 Å². The second-order valence-corrected chi connectivity index (χ2v) is 3.29. The molecular formula is C5H12NNaO2P+. The Morgan fingerprint density at radius 2 is 2.20 bits per heavy atom. The van der Waals surface area contributed by atoms with Crippen molar-refractivity contribution < 1.29 is 39.0 Å². The first-order valence-corrected chi connectivity index (χ1v) is 4.36. The van der Waals surface area contributed by atoms with Crippen LogP contribution >= 0.6 is 8.03 Å². The van der Waals surface area contributed by atoms with Crippen molar-refractivity contribution >= 4 is 8.03 Å². The average Bonchev–Trinajstić information content (AvgIpc) is 1.63. The Balaban J connectivity index is 0. The molecule has 1 unspecified atom stereocenters. The minimum Gasteiger partial charge on any atom is -0.596 e. The van der Waals surface area contributed by atoms with E-state index in [-0.39, 0.29) is 41.8 Å². The second kappa shape index (κ2) is 8.12. The maximum atomic E-state index is 9.98. The number of nitrogens with two attached hydrogens (primary N) is 1. The normalized spacial score (nSPS) is 13.7. The van der Waals surface area contributed by atoms with E-state index < -0.39 is 8.03 Å². The topological polar surface area (TPSA) is 66.2 Å². The maximum Gasteiger partial charge on any atom is 1.00 e. The third kappa shape index (κ3) is 11.8. The van der Waals surface area contributed by atoms with Gasteiger partial charge in [0.05, 0.1) is 0 Å². The molecule has 2 N–H and O–H groups in total. The molecule has 0 radical (unpaired) electrons. The molecule has 0 aromatic heterocycles. The summed E-state index contributed by atoms with van der Waals surface area (Å²) in [5.74, 6) is 0. The summed E-state index contributed by atoms with van der Waals surface area (Å²) in [5, 5.41) is 0. The van der Waals surface area contributed by atoms with Gasteiger partial charge in [-0.15, -0.1) is 0 Å². The fourth-order valence-corrected chi connectivity index (χ4v) is 0.983. The van der Waals surface area contributed by atoms with E-state index in [4.69, 9.17) is 5.73 Å². The molecule has 0 spiro atoms. The molecular weight excluding hydrogens is 160 g/mol. The number of hydrogen-bond acceptors (Lipinski definition) is 3. The molecule has 0 saturated heterocycles. The Morgan fingerprint density at radius 3 is 2.50 bits per heavy atom. The summed E-state index contributed by atoms with van der Waals surface area (Å²) in [7, 11) is -2.19. The zero-order chi connectivity index (χ0) is 7.28. The van der Waals surface area contributed by atoms with Crippen LogP contribution in [0.5, 0.6) is 0 Å². The van der Waals surface area contributed by atoms with Gasteiger partial charge in [-0.2, -0.15) is 0 Å². The first-order chi connectivity index (χ1) is 4.13. The largest absolute Gasteiger partial charge is 1.00 e. The quantitative estimate of drug-likeness (QED) is 0.368. The summed E-state index contributed by atoms with van der Waals surface area (Å²) < 4.78 is 9.98. The average molecular weight is 172 g/mol. The van der Waals surface area contributed by atoms with Gasteiger partial charge < -0.3 is 10.6 Å². The van der Waals surface area contributed by atoms with Crippen molar-refractivity contribution in [3.05, 3.63) is 0 Å². The van der Waals surface area contributed by atoms with E-state index in [1.54, 1.807) is 0 Å². The Morgan fingerprint density at radius 1 is 1.70 bits per heavy atom. The van der Waals surface area contributed by atoms with Crippen LogP contribution in [-0.4, -0.2) is 12.2 Å². The minimum absolute atomic E-state index is 0. The van der Waals surface area contributed by atoms with Gasteiger partial charge in [0.2, 0.25) is 0 Å². The molecule has 0 saturated carbocycles. The monoisotopic (exact) mass is 172 g/mol. The van der Waals surface area contributed by atoms with Gasteiger partial charge in [0, 0.05) is 6.04 Å². The van der Waals surface area contributed by atoms with Gasteiger partial charge in [-0.1, -0.05) is 4.57 Å². The Bertz CT molecular complexity index is 99.6. The summed E-state index contributed by atoms with van der Waals surface area (Å²) in [5.41, 5.74) is 5.38. The molecule has 0 aliphatic carbocycles. The molecule has 0 aromatic rings. The molecule has 54 valence electrons. The summed E-state index contributed by atoms with van der Waals surface area (Å²) >= 11 is 0. The van der Waals surface area contributed by atoms with E-state index >= 15 is 0 Å². The van der Waals surface area contributed by atoms with E-state index in [9.17, 15) is 9.46 Å². The van der Waals surface area contributed by atoms with Crippen molar-refractivity contribution in [2.24, 2.45) is 5.73 Å². The van der Waals surface area contributed by atoms with E-state index in [1.165, 1.54) is 0 Å². The predicted molar refractivity (Wildman–Crippen MR) is 35.4 cm³/mol. The van der Waals surface area contributed by atoms with E-state index in [2.05, 4.69) is 0 Å². The van der Waals surface area contributed by atoms with Crippen molar-refractivity contribution in [3.8, 4) is 0 Å². The van der Waals surface area contributed by atoms with Crippen molar-refractivity contribution in [2.45, 2.75) is 25.8 Å². The molecule has 2 atom stereocenters. The standard InChI is InChI=1S/C5H12NO2P.Na/c1-5(6)3-2-4-9(7)8;/h5H,2-4,6H2,1H3;/q;+1/t5-;/m1./s1. The van der Waals surface area contributed by atoms with Crippen molar-refractivity contribution in [2.75, 3.05) is 6.16 Å². The van der Waals surface area contributed by atoms with Crippen LogP contribution in [0.3, 0.4) is 0 Å². The van der Waals surface area contributed by atoms with Gasteiger partial charge in [0.15, 0.2) is 0 Å². The molecule has 3 nitrogen and oxygen atoms in total. The first kappa shape index (κ1) is 13.6. The molecule has 0 aromatic carbocycles. The van der Waals surface area contributed by atoms with Crippen LogP contribution in [0.15, 0.2) is 0 Å². The zero-order valence-corrected chi connectivity index (χ0v) is 9.43. The Hall–Kier alpha value is 1.02. The number of hydrogen-bond donors (Lipinski definition) is 1. The third-order valence-electron chi connectivity index (χ3n) is 1.00. The van der Waals surface area contributed by atoms with Crippen LogP contribution in [0.25, 0.3) is 0 Å². The van der Waals surface area contributed by atoms with Gasteiger partial charge in [0.25, 0.3) is 0 Å². The minimum atomic E-state index is -2.19. The summed E-state index contributed by atoms with van der Waals surface area (Å²) in [6.45, 7) is 1.87. The van der Waals surface area contributed by atoms with Crippen LogP contribution in [0.2, 0.25) is 0 Å². The summed E-state index contributed by atoms with van der Waals surface area (Å²) in [4.78, 5) is 9.98. The van der Waals surface area contributed by atoms with Crippen molar-refractivity contribution in [1.82, 2.24) is 0 Å². The summed E-state index contributed by atoms with van der Waals surface area (Å²) in [6, 6.07) is 0.125. The Kier molecular flexibility index (Phi) is 11.0. The fourth-order valence-electron chi connectivity index (χ4n) is 0.542. The molecule has 0 bridgehead atoms. The first-order valence-electron chi connectivity index (χ1n) is 3.00. The Labute approximate surface area is 84.5 Å². The SMILES string of the molecule is C[C@@H](N)CCC[P+](=O)[O-].[Na+]. The van der Waals surface area contributed by atoms with Gasteiger partial charge in [-0.25, -0.2) is 0 Å². The van der Waals surface area contributed by atoms with Crippen LogP contribution in [0, 0.1) is 0 Å². The fraction of sp³-hybridized carbons (Fsp3) is 1.00. The molecule has 5 heteroatoms. The zero-order valence-electron chi connectivity index (χ0n) is 6.54. The summed E-state index contributed by atoms with van der Waals surface area (Å²) in [6.07, 6.45) is 1.76. The van der Waals surface area contributed by atoms with Crippen molar-refractivity contribution in [1.29, 1.82) is 0 Å². The van der Waals surface area contributed by atoms with E-state index in [0.717, 1.165) is 6.42 Å². The molecule has 0 rings (SSSR count). The smallest absolute Gasteiger partial charge is 0.596 e. The third-order valence-corrected chi connectivity index (χ3v) is 1.68. The van der Waals surface area contributed by atoms with Crippen LogP contribution < -0.4 is 40.2 Å². The van der Waals surface area contributed by atoms with Crippen LogP contribution in [-0.2, 0) is 4.57 Å². The van der Waals surface area contributed by atoms with Gasteiger partial charge in [-0.3, -0.25) is 0 Å². The van der Waals surface area contributed by atoms with Crippen LogP contribution in [0.4, 0.5) is 0 Å². The van der Waals surface area contributed by atoms with Gasteiger partial charge in [-0.05, 0) is 19.8 Å². The molecule has 0 aliphatic heterocycles. The molecule has 0 amide bonds. The number of rotatable bonds is 4. The van der Waals surface area contributed by atoms with Gasteiger partial charge >= 0.3 is 37.6 Å². The second-order valence-electron chi connectivity index (χ2n) is 2.18. The maximum absolute atomic E-state index is 9.98. The predicted octanol–water partition coefficient (Wildman–Crippen LogP) is -2.78. The van der Waals surface area contributed by atoms with Crippen molar-refractivity contribution in [3.63, 3.8) is 0 Å². The molecule has 10 heavy (non-hydrogen) atoms. The molecule has 0 heterocycles. The van der Waals surface area contributed by atoms with E-state index in [1.807, 2.05) is 6.92 Å².